The Kier molecular flexibility index (Phi) is 8.82. The molecule has 9 heteroatoms. The number of carbonyl (C=O) groups excluding carboxylic acids is 2. The molecule has 0 unspecified atom stereocenters. The lowest BCUT2D eigenvalue weighted by Gasteiger charge is -2.13. The fourth-order valence-corrected chi connectivity index (χ4v) is 4.54. The highest BCUT2D eigenvalue weighted by molar-refractivity contribution is 7.13. The molecule has 0 atom stereocenters. The molecule has 0 aliphatic carbocycles. The Balaban J connectivity index is 1.38. The molecule has 0 saturated carbocycles. The van der Waals surface area contributed by atoms with Gasteiger partial charge in [-0.25, -0.2) is 4.98 Å². The van der Waals surface area contributed by atoms with Gasteiger partial charge in [-0.2, -0.15) is 0 Å². The summed E-state index contributed by atoms with van der Waals surface area (Å²) in [5.74, 6) is 6.92. The van der Waals surface area contributed by atoms with E-state index in [1.54, 1.807) is 29.6 Å². The van der Waals surface area contributed by atoms with Crippen molar-refractivity contribution < 1.29 is 23.8 Å². The van der Waals surface area contributed by atoms with Crippen molar-refractivity contribution in [3.8, 4) is 39.7 Å². The number of amides is 1. The van der Waals surface area contributed by atoms with Gasteiger partial charge in [0.25, 0.3) is 0 Å². The lowest BCUT2D eigenvalue weighted by atomic mass is 10.1. The minimum absolute atomic E-state index is 0.141. The van der Waals surface area contributed by atoms with Crippen molar-refractivity contribution in [2.45, 2.75) is 12.8 Å². The predicted molar refractivity (Wildman–Crippen MR) is 153 cm³/mol. The SMILES string of the molecule is COc1cc(C(=O)c2csc(-c3ccc(C#CCCC(=O)Nc4ccccc4N)cc3)n2)cc(OC)c1OC. The van der Waals surface area contributed by atoms with Gasteiger partial charge < -0.3 is 25.3 Å². The summed E-state index contributed by atoms with van der Waals surface area (Å²) in [5.41, 5.74) is 9.36. The Labute approximate surface area is 230 Å². The number of aromatic nitrogens is 1. The number of ketones is 1. The van der Waals surface area contributed by atoms with E-state index >= 15 is 0 Å². The monoisotopic (exact) mass is 541 g/mol. The smallest absolute Gasteiger partial charge is 0.225 e. The minimum atomic E-state index is -0.252. The van der Waals surface area contributed by atoms with Gasteiger partial charge in [-0.05, 0) is 36.4 Å². The largest absolute Gasteiger partial charge is 0.493 e. The van der Waals surface area contributed by atoms with Gasteiger partial charge in [-0.15, -0.1) is 11.3 Å². The third-order valence-electron chi connectivity index (χ3n) is 5.74. The van der Waals surface area contributed by atoms with Gasteiger partial charge >= 0.3 is 0 Å². The maximum atomic E-state index is 13.1. The maximum absolute atomic E-state index is 13.1. The van der Waals surface area contributed by atoms with Crippen LogP contribution in [0.1, 0.15) is 34.5 Å². The number of para-hydroxylation sites is 2. The predicted octanol–water partition coefficient (Wildman–Crippen LogP) is 5.42. The third kappa shape index (κ3) is 6.55. The molecule has 0 fully saturated rings. The number of nitrogens with zero attached hydrogens (tertiary/aromatic N) is 1. The molecular formula is C30H27N3O5S. The number of anilines is 2. The molecule has 4 rings (SSSR count). The lowest BCUT2D eigenvalue weighted by molar-refractivity contribution is -0.116. The Morgan fingerprint density at radius 3 is 2.31 bits per heavy atom. The third-order valence-corrected chi connectivity index (χ3v) is 6.63. The average molecular weight is 542 g/mol. The van der Waals surface area contributed by atoms with Crippen LogP contribution >= 0.6 is 11.3 Å². The fourth-order valence-electron chi connectivity index (χ4n) is 3.73. The first-order chi connectivity index (χ1) is 18.9. The molecule has 1 heterocycles. The van der Waals surface area contributed by atoms with E-state index in [9.17, 15) is 9.59 Å². The van der Waals surface area contributed by atoms with E-state index in [1.807, 2.05) is 36.4 Å². The molecule has 0 aliphatic heterocycles. The van der Waals surface area contributed by atoms with Crippen LogP contribution in [0.2, 0.25) is 0 Å². The summed E-state index contributed by atoms with van der Waals surface area (Å²) in [7, 11) is 4.51. The molecule has 8 nitrogen and oxygen atoms in total. The molecule has 3 N–H and O–H groups in total. The van der Waals surface area contributed by atoms with Crippen molar-refractivity contribution in [3.05, 3.63) is 82.9 Å². The number of hydrogen-bond acceptors (Lipinski definition) is 8. The van der Waals surface area contributed by atoms with Crippen LogP contribution < -0.4 is 25.3 Å². The van der Waals surface area contributed by atoms with Crippen LogP contribution in [0.4, 0.5) is 11.4 Å². The molecule has 198 valence electrons. The zero-order valence-electron chi connectivity index (χ0n) is 21.7. The second kappa shape index (κ2) is 12.6. The highest BCUT2D eigenvalue weighted by Gasteiger charge is 2.20. The van der Waals surface area contributed by atoms with Crippen LogP contribution in [-0.4, -0.2) is 38.0 Å². The van der Waals surface area contributed by atoms with Gasteiger partial charge in [0.05, 0.1) is 32.7 Å². The fraction of sp³-hybridized carbons (Fsp3) is 0.167. The molecule has 0 aliphatic rings. The lowest BCUT2D eigenvalue weighted by Crippen LogP contribution is -2.12. The molecule has 39 heavy (non-hydrogen) atoms. The summed E-state index contributed by atoms with van der Waals surface area (Å²) in [6.07, 6.45) is 0.681. The number of nitrogens with one attached hydrogen (secondary N) is 1. The molecule has 1 amide bonds. The maximum Gasteiger partial charge on any atom is 0.225 e. The molecule has 3 aromatic carbocycles. The van der Waals surface area contributed by atoms with Gasteiger partial charge in [0.1, 0.15) is 10.7 Å². The summed E-state index contributed by atoms with van der Waals surface area (Å²) in [6.45, 7) is 0. The van der Waals surface area contributed by atoms with E-state index in [4.69, 9.17) is 19.9 Å². The van der Waals surface area contributed by atoms with E-state index in [0.29, 0.717) is 51.3 Å². The molecule has 0 saturated heterocycles. The van der Waals surface area contributed by atoms with Gasteiger partial charge in [-0.3, -0.25) is 9.59 Å². The first-order valence-corrected chi connectivity index (χ1v) is 12.8. The number of ether oxygens (including phenoxy) is 3. The molecule has 0 bridgehead atoms. The number of nitrogens with two attached hydrogens (primary N) is 1. The van der Waals surface area contributed by atoms with Gasteiger partial charge in [0.15, 0.2) is 11.5 Å². The first kappa shape index (κ1) is 27.2. The van der Waals surface area contributed by atoms with E-state index in [2.05, 4.69) is 22.1 Å². The van der Waals surface area contributed by atoms with Crippen molar-refractivity contribution in [2.24, 2.45) is 0 Å². The van der Waals surface area contributed by atoms with Crippen molar-refractivity contribution in [3.63, 3.8) is 0 Å². The Morgan fingerprint density at radius 1 is 0.974 bits per heavy atom. The van der Waals surface area contributed by atoms with E-state index in [-0.39, 0.29) is 18.1 Å². The van der Waals surface area contributed by atoms with Crippen LogP contribution in [0.15, 0.2) is 66.0 Å². The highest BCUT2D eigenvalue weighted by atomic mass is 32.1. The summed E-state index contributed by atoms with van der Waals surface area (Å²) in [6, 6.07) is 17.9. The quantitative estimate of drug-likeness (QED) is 0.165. The van der Waals surface area contributed by atoms with E-state index < -0.39 is 0 Å². The van der Waals surface area contributed by atoms with Gasteiger partial charge in [-0.1, -0.05) is 36.1 Å². The zero-order chi connectivity index (χ0) is 27.8. The molecule has 4 aromatic rings. The topological polar surface area (TPSA) is 113 Å². The Hall–Kier alpha value is -4.81. The molecule has 0 spiro atoms. The second-order valence-corrected chi connectivity index (χ2v) is 9.15. The van der Waals surface area contributed by atoms with Crippen LogP contribution in [0.3, 0.4) is 0 Å². The number of benzene rings is 3. The van der Waals surface area contributed by atoms with Gasteiger partial charge in [0, 0.05) is 34.9 Å². The summed E-state index contributed by atoms with van der Waals surface area (Å²) >= 11 is 1.38. The standard InChI is InChI=1S/C30H27N3O5S/c1-36-25-16-21(17-26(37-2)29(25)38-3)28(35)24-18-39-30(33-24)20-14-12-19(13-15-20)8-4-7-11-27(34)32-23-10-6-5-9-22(23)31/h5-6,9-10,12-18H,7,11,31H2,1-3H3,(H,32,34). The highest BCUT2D eigenvalue weighted by Crippen LogP contribution is 2.39. The summed E-state index contributed by atoms with van der Waals surface area (Å²) in [5, 5.41) is 5.23. The second-order valence-electron chi connectivity index (χ2n) is 8.30. The molecule has 0 radical (unpaired) electrons. The number of carbonyl (C=O) groups is 2. The van der Waals surface area contributed by atoms with Crippen LogP contribution in [0.5, 0.6) is 17.2 Å². The number of nitrogen functional groups attached to an aromatic ring is 1. The van der Waals surface area contributed by atoms with Crippen LogP contribution in [0, 0.1) is 11.8 Å². The summed E-state index contributed by atoms with van der Waals surface area (Å²) in [4.78, 5) is 29.8. The van der Waals surface area contributed by atoms with Crippen LogP contribution in [-0.2, 0) is 4.79 Å². The Morgan fingerprint density at radius 2 is 1.67 bits per heavy atom. The van der Waals surface area contributed by atoms with E-state index in [1.165, 1.54) is 32.7 Å². The number of methoxy groups -OCH3 is 3. The average Bonchev–Trinajstić information content (AvgIpc) is 3.46. The first-order valence-electron chi connectivity index (χ1n) is 12.0. The number of rotatable bonds is 9. The minimum Gasteiger partial charge on any atom is -0.493 e. The van der Waals surface area contributed by atoms with Crippen molar-refractivity contribution in [1.29, 1.82) is 0 Å². The van der Waals surface area contributed by atoms with Crippen molar-refractivity contribution >= 4 is 34.4 Å². The molecular weight excluding hydrogens is 514 g/mol. The Bertz CT molecular complexity index is 1530. The zero-order valence-corrected chi connectivity index (χ0v) is 22.6. The number of thiazole rings is 1. The van der Waals surface area contributed by atoms with E-state index in [0.717, 1.165) is 11.1 Å². The molecule has 1 aromatic heterocycles. The van der Waals surface area contributed by atoms with Crippen LogP contribution in [0.25, 0.3) is 10.6 Å². The van der Waals surface area contributed by atoms with Crippen molar-refractivity contribution in [2.75, 3.05) is 32.4 Å². The van der Waals surface area contributed by atoms with Gasteiger partial charge in [0.2, 0.25) is 17.4 Å². The normalized spacial score (nSPS) is 10.2. The summed E-state index contributed by atoms with van der Waals surface area (Å²) < 4.78 is 16.0. The van der Waals surface area contributed by atoms with Crippen molar-refractivity contribution in [1.82, 2.24) is 4.98 Å². The number of hydrogen-bond donors (Lipinski definition) is 2.